The first-order valence-corrected chi connectivity index (χ1v) is 12.2. The van der Waals surface area contributed by atoms with Crippen molar-refractivity contribution < 1.29 is 21.6 Å². The molecule has 33 heavy (non-hydrogen) atoms. The summed E-state index contributed by atoms with van der Waals surface area (Å²) in [4.78, 5) is 4.23. The van der Waals surface area contributed by atoms with Gasteiger partial charge in [-0.3, -0.25) is 0 Å². The van der Waals surface area contributed by atoms with Crippen molar-refractivity contribution in [1.29, 1.82) is 0 Å². The van der Waals surface area contributed by atoms with Crippen molar-refractivity contribution in [2.45, 2.75) is 23.9 Å². The van der Waals surface area contributed by atoms with E-state index in [0.717, 1.165) is 52.4 Å². The lowest BCUT2D eigenvalue weighted by Crippen LogP contribution is -2.23. The molecule has 5 nitrogen and oxygen atoms in total. The average Bonchev–Trinajstić information content (AvgIpc) is 3.34. The van der Waals surface area contributed by atoms with E-state index in [9.17, 15) is 21.6 Å². The number of hydrogen-bond donors (Lipinski definition) is 0. The van der Waals surface area contributed by atoms with E-state index in [1.165, 1.54) is 12.3 Å². The molecule has 2 aliphatic heterocycles. The molecule has 2 aliphatic rings. The van der Waals surface area contributed by atoms with Crippen LogP contribution in [0.3, 0.4) is 0 Å². The summed E-state index contributed by atoms with van der Waals surface area (Å²) in [5, 5.41) is 0.294. The molecule has 0 spiro atoms. The van der Waals surface area contributed by atoms with Crippen LogP contribution in [0.4, 0.5) is 18.9 Å². The van der Waals surface area contributed by atoms with Gasteiger partial charge in [0.05, 0.1) is 16.0 Å². The molecule has 0 saturated carbocycles. The molecule has 0 saturated heterocycles. The Balaban J connectivity index is 1.71. The second kappa shape index (κ2) is 7.63. The molecule has 0 bridgehead atoms. The summed E-state index contributed by atoms with van der Waals surface area (Å²) >= 11 is 0. The first-order chi connectivity index (χ1) is 15.6. The predicted octanol–water partition coefficient (Wildman–Crippen LogP) is 4.61. The molecule has 3 aromatic rings. The Kier molecular flexibility index (Phi) is 5.10. The van der Waals surface area contributed by atoms with Gasteiger partial charge < -0.3 is 9.80 Å². The third kappa shape index (κ3) is 3.73. The number of hydrogen-bond acceptors (Lipinski definition) is 4. The van der Waals surface area contributed by atoms with Crippen LogP contribution in [0.5, 0.6) is 0 Å². The van der Waals surface area contributed by atoms with Gasteiger partial charge in [-0.15, -0.1) is 0 Å². The minimum absolute atomic E-state index is 0.121. The fourth-order valence-corrected chi connectivity index (χ4v) is 6.03. The first-order valence-electron chi connectivity index (χ1n) is 10.8. The maximum Gasteiger partial charge on any atom is 0.416 e. The zero-order valence-corrected chi connectivity index (χ0v) is 19.2. The van der Waals surface area contributed by atoms with Crippen LogP contribution in [0.15, 0.2) is 53.6 Å². The molecule has 0 N–H and O–H groups in total. The monoisotopic (exact) mass is 475 g/mol. The molecular weight excluding hydrogens is 451 g/mol. The molecule has 0 radical (unpaired) electrons. The molecule has 1 aromatic heterocycles. The fraction of sp³-hybridized carbons (Fsp3) is 0.333. The van der Waals surface area contributed by atoms with E-state index in [1.807, 2.05) is 31.1 Å². The van der Waals surface area contributed by atoms with Gasteiger partial charge >= 0.3 is 6.18 Å². The highest BCUT2D eigenvalue weighted by Crippen LogP contribution is 2.38. The van der Waals surface area contributed by atoms with Crippen LogP contribution >= 0.6 is 0 Å². The lowest BCUT2D eigenvalue weighted by atomic mass is 9.98. The van der Waals surface area contributed by atoms with Gasteiger partial charge in [-0.2, -0.15) is 13.2 Å². The number of halogens is 3. The maximum atomic E-state index is 13.7. The number of nitrogens with zero attached hydrogens (tertiary/aromatic N) is 3. The molecule has 0 unspecified atom stereocenters. The van der Waals surface area contributed by atoms with E-state index >= 15 is 0 Å². The van der Waals surface area contributed by atoms with Crippen molar-refractivity contribution in [3.8, 4) is 0 Å². The molecular formula is C24H24F3N3O2S. The highest BCUT2D eigenvalue weighted by molar-refractivity contribution is 7.90. The van der Waals surface area contributed by atoms with Gasteiger partial charge in [0.1, 0.15) is 0 Å². The van der Waals surface area contributed by atoms with E-state index in [4.69, 9.17) is 0 Å². The third-order valence-electron chi connectivity index (χ3n) is 6.60. The highest BCUT2D eigenvalue weighted by Gasteiger charge is 2.32. The molecule has 3 heterocycles. The molecule has 0 atom stereocenters. The van der Waals surface area contributed by atoms with Crippen molar-refractivity contribution in [2.24, 2.45) is 0 Å². The van der Waals surface area contributed by atoms with Crippen molar-refractivity contribution in [3.05, 3.63) is 65.4 Å². The topological polar surface area (TPSA) is 45.6 Å². The second-order valence-electron chi connectivity index (χ2n) is 8.78. The van der Waals surface area contributed by atoms with E-state index in [2.05, 4.69) is 4.90 Å². The van der Waals surface area contributed by atoms with Crippen LogP contribution in [-0.4, -0.2) is 51.0 Å². The summed E-state index contributed by atoms with van der Waals surface area (Å²) in [6.07, 6.45) is 0.410. The summed E-state index contributed by atoms with van der Waals surface area (Å²) in [5.74, 6) is 0. The molecule has 0 amide bonds. The van der Waals surface area contributed by atoms with Gasteiger partial charge in [-0.05, 0) is 61.4 Å². The summed E-state index contributed by atoms with van der Waals surface area (Å²) in [6, 6.07) is 8.32. The smallest absolute Gasteiger partial charge is 0.374 e. The van der Waals surface area contributed by atoms with Crippen molar-refractivity contribution in [2.75, 3.05) is 38.6 Å². The molecule has 2 aromatic carbocycles. The molecule has 0 aliphatic carbocycles. The van der Waals surface area contributed by atoms with Crippen LogP contribution in [-0.2, 0) is 22.6 Å². The normalized spacial score (nSPS) is 17.5. The van der Waals surface area contributed by atoms with Crippen LogP contribution < -0.4 is 4.90 Å². The minimum Gasteiger partial charge on any atom is -0.374 e. The summed E-state index contributed by atoms with van der Waals surface area (Å²) in [7, 11) is -0.137. The van der Waals surface area contributed by atoms with Crippen molar-refractivity contribution in [1.82, 2.24) is 8.87 Å². The summed E-state index contributed by atoms with van der Waals surface area (Å²) in [5.41, 5.74) is 2.79. The summed E-state index contributed by atoms with van der Waals surface area (Å²) < 4.78 is 68.9. The van der Waals surface area contributed by atoms with Gasteiger partial charge in [0.15, 0.2) is 0 Å². The average molecular weight is 476 g/mol. The van der Waals surface area contributed by atoms with Gasteiger partial charge in [-0.1, -0.05) is 12.1 Å². The Hall–Kier alpha value is -2.78. The number of aromatic nitrogens is 1. The van der Waals surface area contributed by atoms with Crippen LogP contribution in [0, 0.1) is 0 Å². The Morgan fingerprint density at radius 2 is 1.76 bits per heavy atom. The van der Waals surface area contributed by atoms with Gasteiger partial charge in [0.2, 0.25) is 0 Å². The lowest BCUT2D eigenvalue weighted by Gasteiger charge is -2.21. The Morgan fingerprint density at radius 1 is 0.970 bits per heavy atom. The zero-order chi connectivity index (χ0) is 23.5. The fourth-order valence-electron chi connectivity index (χ4n) is 4.64. The third-order valence-corrected chi connectivity index (χ3v) is 8.27. The van der Waals surface area contributed by atoms with Gasteiger partial charge in [-0.25, -0.2) is 12.4 Å². The SMILES string of the molecule is CN1CC=C(c2cn(S(=O)(=O)c3ccc4c(c3)N(C)CC4)c3ccc(C(F)(F)F)cc23)CC1. The number of benzene rings is 2. The van der Waals surface area contributed by atoms with E-state index in [-0.39, 0.29) is 10.4 Å². The van der Waals surface area contributed by atoms with Crippen molar-refractivity contribution in [3.63, 3.8) is 0 Å². The number of alkyl halides is 3. The van der Waals surface area contributed by atoms with Crippen LogP contribution in [0.2, 0.25) is 0 Å². The standard InChI is InChI=1S/C24H24F3N3O2S/c1-28-10-7-16(8-11-28)21-15-30(22-6-4-18(13-20(21)22)24(25,26)27)33(31,32)19-5-3-17-9-12-29(2)23(17)14-19/h3-7,13-15H,8-12H2,1-2H3. The van der Waals surface area contributed by atoms with E-state index in [0.29, 0.717) is 23.9 Å². The Labute approximate surface area is 190 Å². The molecule has 0 fully saturated rings. The minimum atomic E-state index is -4.52. The number of rotatable bonds is 3. The second-order valence-corrected chi connectivity index (χ2v) is 10.6. The number of anilines is 1. The predicted molar refractivity (Wildman–Crippen MR) is 123 cm³/mol. The maximum absolute atomic E-state index is 13.7. The first kappa shape index (κ1) is 22.0. The Morgan fingerprint density at radius 3 is 2.45 bits per heavy atom. The largest absolute Gasteiger partial charge is 0.416 e. The van der Waals surface area contributed by atoms with Gasteiger partial charge in [0, 0.05) is 49.5 Å². The Bertz CT molecular complexity index is 1390. The molecule has 9 heteroatoms. The lowest BCUT2D eigenvalue weighted by molar-refractivity contribution is -0.137. The molecule has 5 rings (SSSR count). The summed E-state index contributed by atoms with van der Waals surface area (Å²) in [6.45, 7) is 2.23. The van der Waals surface area contributed by atoms with Gasteiger partial charge in [0.25, 0.3) is 10.0 Å². The van der Waals surface area contributed by atoms with Crippen molar-refractivity contribution >= 4 is 32.2 Å². The number of fused-ring (bicyclic) bond motifs is 2. The zero-order valence-electron chi connectivity index (χ0n) is 18.4. The number of likely N-dealkylation sites (N-methyl/N-ethyl adjacent to an activating group) is 2. The quantitative estimate of drug-likeness (QED) is 0.555. The van der Waals surface area contributed by atoms with E-state index in [1.54, 1.807) is 12.1 Å². The van der Waals surface area contributed by atoms with E-state index < -0.39 is 21.8 Å². The van der Waals surface area contributed by atoms with Crippen LogP contribution in [0.1, 0.15) is 23.1 Å². The molecule has 174 valence electrons. The van der Waals surface area contributed by atoms with Crippen LogP contribution in [0.25, 0.3) is 16.5 Å². The highest BCUT2D eigenvalue weighted by atomic mass is 32.2.